The van der Waals surface area contributed by atoms with Crippen LogP contribution >= 0.6 is 11.6 Å². The number of carbonyl (C=O) groups excluding carboxylic acids is 1. The van der Waals surface area contributed by atoms with E-state index in [9.17, 15) is 4.79 Å². The Kier molecular flexibility index (Phi) is 4.25. The van der Waals surface area contributed by atoms with E-state index in [2.05, 4.69) is 4.99 Å². The van der Waals surface area contributed by atoms with Crippen LogP contribution in [0.2, 0.25) is 5.02 Å². The van der Waals surface area contributed by atoms with Crippen molar-refractivity contribution in [2.45, 2.75) is 13.8 Å². The van der Waals surface area contributed by atoms with E-state index < -0.39 is 0 Å². The number of ketones is 1. The number of nitrogens with zero attached hydrogens (tertiary/aromatic N) is 1. The molecule has 0 heterocycles. The summed E-state index contributed by atoms with van der Waals surface area (Å²) in [6.07, 6.45) is 3.29. The van der Waals surface area contributed by atoms with E-state index in [1.165, 1.54) is 0 Å². The molecular weight excluding hydrogens is 210 g/mol. The Morgan fingerprint density at radius 1 is 1.27 bits per heavy atom. The SMILES string of the molecule is C/C=N\C(=C/C)C(=O)c1ccc(Cl)cc1. The Morgan fingerprint density at radius 3 is 2.33 bits per heavy atom. The number of carbonyl (C=O) groups is 1. The zero-order valence-corrected chi connectivity index (χ0v) is 9.45. The van der Waals surface area contributed by atoms with Gasteiger partial charge in [0.25, 0.3) is 0 Å². The zero-order valence-electron chi connectivity index (χ0n) is 8.70. The van der Waals surface area contributed by atoms with Gasteiger partial charge in [0.05, 0.1) is 0 Å². The van der Waals surface area contributed by atoms with Crippen molar-refractivity contribution in [2.75, 3.05) is 0 Å². The first kappa shape index (κ1) is 11.7. The highest BCUT2D eigenvalue weighted by atomic mass is 35.5. The maximum Gasteiger partial charge on any atom is 0.210 e. The van der Waals surface area contributed by atoms with Gasteiger partial charge in [-0.3, -0.25) is 9.79 Å². The summed E-state index contributed by atoms with van der Waals surface area (Å²) in [6, 6.07) is 6.77. The molecule has 0 unspecified atom stereocenters. The Labute approximate surface area is 94.3 Å². The molecule has 0 spiro atoms. The first-order valence-corrected chi connectivity index (χ1v) is 5.02. The molecule has 0 atom stereocenters. The van der Waals surface area contributed by atoms with Gasteiger partial charge >= 0.3 is 0 Å². The number of hydrogen-bond donors (Lipinski definition) is 0. The predicted molar refractivity (Wildman–Crippen MR) is 63.7 cm³/mol. The molecule has 2 nitrogen and oxygen atoms in total. The fourth-order valence-corrected chi connectivity index (χ4v) is 1.28. The van der Waals surface area contributed by atoms with Crippen molar-refractivity contribution in [3.05, 3.63) is 46.6 Å². The van der Waals surface area contributed by atoms with Crippen LogP contribution in [0, 0.1) is 0 Å². The lowest BCUT2D eigenvalue weighted by molar-refractivity contribution is 0.103. The van der Waals surface area contributed by atoms with Crippen LogP contribution in [-0.4, -0.2) is 12.0 Å². The summed E-state index contributed by atoms with van der Waals surface area (Å²) >= 11 is 5.74. The van der Waals surface area contributed by atoms with Crippen LogP contribution in [0.1, 0.15) is 24.2 Å². The van der Waals surface area contributed by atoms with Crippen molar-refractivity contribution in [3.63, 3.8) is 0 Å². The van der Waals surface area contributed by atoms with Crippen molar-refractivity contribution in [1.29, 1.82) is 0 Å². The summed E-state index contributed by atoms with van der Waals surface area (Å²) in [4.78, 5) is 15.8. The minimum absolute atomic E-state index is 0.0905. The van der Waals surface area contributed by atoms with Crippen LogP contribution in [0.15, 0.2) is 41.0 Å². The average molecular weight is 222 g/mol. The Balaban J connectivity index is 2.98. The summed E-state index contributed by atoms with van der Waals surface area (Å²) in [5.74, 6) is -0.0905. The van der Waals surface area contributed by atoms with Crippen LogP contribution in [0.25, 0.3) is 0 Å². The van der Waals surface area contributed by atoms with Crippen LogP contribution in [0.5, 0.6) is 0 Å². The summed E-state index contributed by atoms with van der Waals surface area (Å²) in [5.41, 5.74) is 1.04. The monoisotopic (exact) mass is 221 g/mol. The van der Waals surface area contributed by atoms with Crippen LogP contribution in [0.3, 0.4) is 0 Å². The summed E-state index contributed by atoms with van der Waals surface area (Å²) in [7, 11) is 0. The number of hydrogen-bond acceptors (Lipinski definition) is 2. The molecule has 0 N–H and O–H groups in total. The Hall–Kier alpha value is -1.41. The van der Waals surface area contributed by atoms with Gasteiger partial charge in [-0.25, -0.2) is 0 Å². The van der Waals surface area contributed by atoms with Crippen molar-refractivity contribution in [3.8, 4) is 0 Å². The first-order valence-electron chi connectivity index (χ1n) is 4.64. The maximum atomic E-state index is 11.9. The molecule has 1 aromatic carbocycles. The van der Waals surface area contributed by atoms with E-state index >= 15 is 0 Å². The quantitative estimate of drug-likeness (QED) is 0.436. The highest BCUT2D eigenvalue weighted by Gasteiger charge is 2.09. The predicted octanol–water partition coefficient (Wildman–Crippen LogP) is 3.52. The minimum atomic E-state index is -0.0905. The molecule has 0 fully saturated rings. The van der Waals surface area contributed by atoms with Gasteiger partial charge in [0, 0.05) is 16.8 Å². The van der Waals surface area contributed by atoms with Crippen molar-refractivity contribution < 1.29 is 4.79 Å². The molecule has 0 aromatic heterocycles. The largest absolute Gasteiger partial charge is 0.287 e. The highest BCUT2D eigenvalue weighted by molar-refractivity contribution is 6.30. The van der Waals surface area contributed by atoms with Gasteiger partial charge in [0.1, 0.15) is 5.70 Å². The van der Waals surface area contributed by atoms with E-state index in [1.807, 2.05) is 0 Å². The van der Waals surface area contributed by atoms with Gasteiger partial charge < -0.3 is 0 Å². The summed E-state index contributed by atoms with van der Waals surface area (Å²) in [5, 5.41) is 0.618. The second-order valence-electron chi connectivity index (χ2n) is 2.90. The molecule has 1 aromatic rings. The van der Waals surface area contributed by atoms with E-state index in [4.69, 9.17) is 11.6 Å². The standard InChI is InChI=1S/C12H12ClNO/c1-3-11(14-4-2)12(15)9-5-7-10(13)8-6-9/h3-8H,1-2H3/b11-3-,14-4-. The van der Waals surface area contributed by atoms with E-state index in [0.717, 1.165) is 0 Å². The molecule has 0 aliphatic rings. The van der Waals surface area contributed by atoms with Crippen molar-refractivity contribution >= 4 is 23.6 Å². The van der Waals surface area contributed by atoms with Gasteiger partial charge in [0.2, 0.25) is 5.78 Å². The molecule has 0 saturated heterocycles. The Morgan fingerprint density at radius 2 is 1.87 bits per heavy atom. The molecular formula is C12H12ClNO. The lowest BCUT2D eigenvalue weighted by Gasteiger charge is -2.00. The van der Waals surface area contributed by atoms with Crippen molar-refractivity contribution in [2.24, 2.45) is 4.99 Å². The van der Waals surface area contributed by atoms with Gasteiger partial charge in [-0.2, -0.15) is 0 Å². The highest BCUT2D eigenvalue weighted by Crippen LogP contribution is 2.13. The summed E-state index contributed by atoms with van der Waals surface area (Å²) in [6.45, 7) is 3.56. The molecule has 78 valence electrons. The minimum Gasteiger partial charge on any atom is -0.287 e. The molecule has 1 rings (SSSR count). The third-order valence-corrected chi connectivity index (χ3v) is 2.13. The molecule has 0 aliphatic heterocycles. The topological polar surface area (TPSA) is 29.4 Å². The van der Waals surface area contributed by atoms with E-state index in [0.29, 0.717) is 16.3 Å². The van der Waals surface area contributed by atoms with Crippen molar-refractivity contribution in [1.82, 2.24) is 0 Å². The lowest BCUT2D eigenvalue weighted by atomic mass is 10.1. The zero-order chi connectivity index (χ0) is 11.3. The van der Waals surface area contributed by atoms with Crippen LogP contribution in [-0.2, 0) is 0 Å². The molecule has 0 saturated carbocycles. The van der Waals surface area contributed by atoms with E-state index in [-0.39, 0.29) is 5.78 Å². The van der Waals surface area contributed by atoms with Crippen LogP contribution < -0.4 is 0 Å². The molecule has 15 heavy (non-hydrogen) atoms. The normalized spacial score (nSPS) is 12.1. The van der Waals surface area contributed by atoms with Gasteiger partial charge in [-0.1, -0.05) is 17.7 Å². The van der Waals surface area contributed by atoms with Gasteiger partial charge in [-0.15, -0.1) is 0 Å². The number of aliphatic imine (C=N–C) groups is 1. The maximum absolute atomic E-state index is 11.9. The molecule has 0 aliphatic carbocycles. The molecule has 3 heteroatoms. The fourth-order valence-electron chi connectivity index (χ4n) is 1.15. The lowest BCUT2D eigenvalue weighted by Crippen LogP contribution is -2.01. The number of Topliss-reactive ketones (excluding diaryl/α,β-unsaturated/α-hetero) is 1. The number of halogens is 1. The third-order valence-electron chi connectivity index (χ3n) is 1.88. The van der Waals surface area contributed by atoms with Gasteiger partial charge in [0.15, 0.2) is 0 Å². The first-order chi connectivity index (χ1) is 7.19. The Bertz CT molecular complexity index is 404. The number of rotatable bonds is 3. The summed E-state index contributed by atoms with van der Waals surface area (Å²) < 4.78 is 0. The molecule has 0 amide bonds. The second-order valence-corrected chi connectivity index (χ2v) is 3.33. The molecule has 0 bridgehead atoms. The van der Waals surface area contributed by atoms with Gasteiger partial charge in [-0.05, 0) is 38.1 Å². The number of allylic oxidation sites excluding steroid dienone is 2. The smallest absolute Gasteiger partial charge is 0.210 e. The fraction of sp³-hybridized carbons (Fsp3) is 0.167. The third kappa shape index (κ3) is 3.03. The van der Waals surface area contributed by atoms with E-state index in [1.54, 1.807) is 50.4 Å². The molecule has 0 radical (unpaired) electrons. The average Bonchev–Trinajstić information content (AvgIpc) is 2.26. The van der Waals surface area contributed by atoms with Crippen LogP contribution in [0.4, 0.5) is 0 Å². The second kappa shape index (κ2) is 5.47. The number of benzene rings is 1.